The molecule has 0 saturated heterocycles. The minimum atomic E-state index is -0.364. The Morgan fingerprint density at radius 2 is 1.69 bits per heavy atom. The number of carbonyl (C=O) groups excluding carboxylic acids is 1. The number of nitrogens with zero attached hydrogens (tertiary/aromatic N) is 3. The van der Waals surface area contributed by atoms with Crippen LogP contribution < -0.4 is 15.9 Å². The molecule has 29 heavy (non-hydrogen) atoms. The number of hydrogen-bond acceptors (Lipinski definition) is 4. The Hall–Kier alpha value is -3.87. The Labute approximate surface area is 166 Å². The molecule has 0 saturated carbocycles. The number of rotatable bonds is 4. The van der Waals surface area contributed by atoms with Crippen molar-refractivity contribution in [1.29, 1.82) is 0 Å². The molecular formula is C22H20N4O3. The van der Waals surface area contributed by atoms with E-state index in [4.69, 9.17) is 4.74 Å². The molecule has 1 heterocycles. The number of benzene rings is 3. The summed E-state index contributed by atoms with van der Waals surface area (Å²) in [5.74, 6) is 0.120. The summed E-state index contributed by atoms with van der Waals surface area (Å²) in [6, 6.07) is 16.9. The van der Waals surface area contributed by atoms with Crippen molar-refractivity contribution >= 4 is 33.9 Å². The van der Waals surface area contributed by atoms with Gasteiger partial charge in [-0.15, -0.1) is 0 Å². The number of nitrogens with one attached hydrogen (secondary N) is 1. The topological polar surface area (TPSA) is 77.6 Å². The van der Waals surface area contributed by atoms with E-state index in [1.54, 1.807) is 35.5 Å². The highest BCUT2D eigenvalue weighted by Gasteiger charge is 2.13. The van der Waals surface area contributed by atoms with E-state index in [0.717, 1.165) is 27.4 Å². The molecule has 4 aromatic rings. The number of imidazole rings is 1. The van der Waals surface area contributed by atoms with E-state index in [1.807, 2.05) is 48.5 Å². The summed E-state index contributed by atoms with van der Waals surface area (Å²) in [5, 5.41) is 6.00. The van der Waals surface area contributed by atoms with Gasteiger partial charge in [-0.3, -0.25) is 13.9 Å². The lowest BCUT2D eigenvalue weighted by Crippen LogP contribution is -2.19. The van der Waals surface area contributed by atoms with E-state index in [-0.39, 0.29) is 11.6 Å². The molecular weight excluding hydrogens is 368 g/mol. The van der Waals surface area contributed by atoms with E-state index >= 15 is 0 Å². The van der Waals surface area contributed by atoms with E-state index in [0.29, 0.717) is 11.3 Å². The summed E-state index contributed by atoms with van der Waals surface area (Å²) in [4.78, 5) is 24.7. The van der Waals surface area contributed by atoms with Crippen molar-refractivity contribution in [2.24, 2.45) is 19.2 Å². The molecule has 0 bridgehead atoms. The van der Waals surface area contributed by atoms with E-state index < -0.39 is 0 Å². The van der Waals surface area contributed by atoms with Crippen molar-refractivity contribution in [3.8, 4) is 5.75 Å². The molecule has 1 N–H and O–H groups in total. The summed E-state index contributed by atoms with van der Waals surface area (Å²) in [5.41, 5.74) is 5.25. The second-order valence-electron chi connectivity index (χ2n) is 6.75. The molecule has 0 aliphatic rings. The van der Waals surface area contributed by atoms with E-state index in [2.05, 4.69) is 10.5 Å². The second-order valence-corrected chi connectivity index (χ2v) is 6.75. The summed E-state index contributed by atoms with van der Waals surface area (Å²) in [6.07, 6.45) is 1.54. The SMILES string of the molecule is COc1cc2ccccc2cc1C(=O)N/N=C\c1ccc2c(c1)n(C)c(=O)n2C. The Morgan fingerprint density at radius 3 is 2.41 bits per heavy atom. The molecule has 146 valence electrons. The highest BCUT2D eigenvalue weighted by atomic mass is 16.5. The molecule has 0 atom stereocenters. The Bertz CT molecular complexity index is 1330. The van der Waals surface area contributed by atoms with Crippen LogP contribution in [-0.2, 0) is 14.1 Å². The highest BCUT2D eigenvalue weighted by Crippen LogP contribution is 2.25. The first-order valence-electron chi connectivity index (χ1n) is 9.05. The third kappa shape index (κ3) is 3.27. The predicted molar refractivity (Wildman–Crippen MR) is 114 cm³/mol. The largest absolute Gasteiger partial charge is 0.496 e. The van der Waals surface area contributed by atoms with Crippen molar-refractivity contribution in [3.05, 3.63) is 76.2 Å². The standard InChI is InChI=1S/C22H20N4O3/c1-25-18-9-8-14(10-19(18)26(2)22(25)28)13-23-24-21(27)17-11-15-6-4-5-7-16(15)12-20(17)29-3/h4-13H,1-3H3,(H,24,27)/b23-13-. The van der Waals surface area contributed by atoms with Crippen LogP contribution >= 0.6 is 0 Å². The van der Waals surface area contributed by atoms with Crippen LogP contribution in [0.2, 0.25) is 0 Å². The minimum absolute atomic E-state index is 0.0919. The van der Waals surface area contributed by atoms with Gasteiger partial charge in [-0.2, -0.15) is 5.10 Å². The van der Waals surface area contributed by atoms with Gasteiger partial charge in [0.2, 0.25) is 0 Å². The molecule has 0 radical (unpaired) electrons. The number of hydrogen-bond donors (Lipinski definition) is 1. The fourth-order valence-electron chi connectivity index (χ4n) is 3.40. The lowest BCUT2D eigenvalue weighted by atomic mass is 10.1. The summed E-state index contributed by atoms with van der Waals surface area (Å²) in [7, 11) is 4.98. The van der Waals surface area contributed by atoms with Gasteiger partial charge < -0.3 is 4.74 Å². The predicted octanol–water partition coefficient (Wildman–Crippen LogP) is 2.80. The lowest BCUT2D eigenvalue weighted by molar-refractivity contribution is 0.0952. The van der Waals surface area contributed by atoms with Crippen LogP contribution in [0, 0.1) is 0 Å². The van der Waals surface area contributed by atoms with Crippen molar-refractivity contribution < 1.29 is 9.53 Å². The van der Waals surface area contributed by atoms with Crippen LogP contribution in [0.4, 0.5) is 0 Å². The van der Waals surface area contributed by atoms with Gasteiger partial charge in [0.05, 0.1) is 29.9 Å². The maximum atomic E-state index is 12.6. The molecule has 3 aromatic carbocycles. The fourth-order valence-corrected chi connectivity index (χ4v) is 3.40. The molecule has 1 aromatic heterocycles. The number of aryl methyl sites for hydroxylation is 2. The first-order valence-corrected chi connectivity index (χ1v) is 9.05. The van der Waals surface area contributed by atoms with Gasteiger partial charge in [0.1, 0.15) is 5.75 Å². The number of ether oxygens (including phenoxy) is 1. The maximum absolute atomic E-state index is 12.6. The number of amides is 1. The van der Waals surface area contributed by atoms with Crippen LogP contribution in [0.15, 0.2) is 64.5 Å². The summed E-state index contributed by atoms with van der Waals surface area (Å²) in [6.45, 7) is 0. The van der Waals surface area contributed by atoms with Crippen molar-refractivity contribution in [2.75, 3.05) is 7.11 Å². The van der Waals surface area contributed by atoms with Gasteiger partial charge >= 0.3 is 5.69 Å². The third-order valence-corrected chi connectivity index (χ3v) is 4.99. The molecule has 1 amide bonds. The first-order chi connectivity index (χ1) is 14.0. The molecule has 4 rings (SSSR count). The van der Waals surface area contributed by atoms with E-state index in [9.17, 15) is 9.59 Å². The summed E-state index contributed by atoms with van der Waals surface area (Å²) < 4.78 is 8.53. The number of carbonyl (C=O) groups is 1. The average molecular weight is 388 g/mol. The lowest BCUT2D eigenvalue weighted by Gasteiger charge is -2.09. The molecule has 0 fully saturated rings. The number of aromatic nitrogens is 2. The maximum Gasteiger partial charge on any atom is 0.328 e. The van der Waals surface area contributed by atoms with Gasteiger partial charge in [-0.25, -0.2) is 10.2 Å². The zero-order valence-electron chi connectivity index (χ0n) is 16.3. The molecule has 0 unspecified atom stereocenters. The van der Waals surface area contributed by atoms with Gasteiger partial charge in [0.25, 0.3) is 5.91 Å². The van der Waals surface area contributed by atoms with Gasteiger partial charge in [-0.05, 0) is 40.6 Å². The number of hydrazone groups is 1. The third-order valence-electron chi connectivity index (χ3n) is 4.99. The van der Waals surface area contributed by atoms with Crippen molar-refractivity contribution in [3.63, 3.8) is 0 Å². The van der Waals surface area contributed by atoms with Crippen LogP contribution in [-0.4, -0.2) is 28.4 Å². The fraction of sp³-hybridized carbons (Fsp3) is 0.136. The Morgan fingerprint density at radius 1 is 1.00 bits per heavy atom. The van der Waals surface area contributed by atoms with Crippen LogP contribution in [0.25, 0.3) is 21.8 Å². The summed E-state index contributed by atoms with van der Waals surface area (Å²) >= 11 is 0. The Balaban J connectivity index is 1.59. The minimum Gasteiger partial charge on any atom is -0.496 e. The molecule has 7 nitrogen and oxygen atoms in total. The first kappa shape index (κ1) is 18.5. The average Bonchev–Trinajstić information content (AvgIpc) is 2.96. The highest BCUT2D eigenvalue weighted by molar-refractivity contribution is 6.02. The quantitative estimate of drug-likeness (QED) is 0.431. The second kappa shape index (κ2) is 7.27. The van der Waals surface area contributed by atoms with Gasteiger partial charge in [0.15, 0.2) is 0 Å². The molecule has 0 aliphatic heterocycles. The van der Waals surface area contributed by atoms with E-state index in [1.165, 1.54) is 7.11 Å². The van der Waals surface area contributed by atoms with Gasteiger partial charge in [-0.1, -0.05) is 30.3 Å². The van der Waals surface area contributed by atoms with Crippen LogP contribution in [0.3, 0.4) is 0 Å². The van der Waals surface area contributed by atoms with Crippen LogP contribution in [0.1, 0.15) is 15.9 Å². The monoisotopic (exact) mass is 388 g/mol. The number of methoxy groups -OCH3 is 1. The normalized spacial score (nSPS) is 11.4. The van der Waals surface area contributed by atoms with Gasteiger partial charge in [0, 0.05) is 14.1 Å². The van der Waals surface area contributed by atoms with Crippen molar-refractivity contribution in [1.82, 2.24) is 14.6 Å². The molecule has 7 heteroatoms. The zero-order valence-corrected chi connectivity index (χ0v) is 16.3. The number of fused-ring (bicyclic) bond motifs is 2. The molecule has 0 aliphatic carbocycles. The molecule has 0 spiro atoms. The Kier molecular flexibility index (Phi) is 4.64. The van der Waals surface area contributed by atoms with Crippen LogP contribution in [0.5, 0.6) is 5.75 Å². The zero-order chi connectivity index (χ0) is 20.5. The smallest absolute Gasteiger partial charge is 0.328 e. The van der Waals surface area contributed by atoms with Crippen molar-refractivity contribution in [2.45, 2.75) is 0 Å².